The van der Waals surface area contributed by atoms with Gasteiger partial charge in [0.15, 0.2) is 0 Å². The van der Waals surface area contributed by atoms with Crippen molar-refractivity contribution in [1.29, 1.82) is 0 Å². The maximum absolute atomic E-state index is 13.2. The second-order valence-corrected chi connectivity index (χ2v) is 9.99. The van der Waals surface area contributed by atoms with Crippen LogP contribution in [0.4, 0.5) is 0 Å². The van der Waals surface area contributed by atoms with E-state index in [0.29, 0.717) is 36.7 Å². The average Bonchev–Trinajstić information content (AvgIpc) is 3.26. The number of benzene rings is 1. The van der Waals surface area contributed by atoms with E-state index in [1.54, 1.807) is 12.1 Å². The number of hydrogen-bond acceptors (Lipinski definition) is 5. The molecular weight excluding hydrogens is 418 g/mol. The Kier molecular flexibility index (Phi) is 7.17. The lowest BCUT2D eigenvalue weighted by Gasteiger charge is -2.24. The molecule has 33 heavy (non-hydrogen) atoms. The van der Waals surface area contributed by atoms with E-state index in [2.05, 4.69) is 20.8 Å². The molecule has 0 saturated carbocycles. The number of carbonyl (C=O) groups excluding carboxylic acids is 2. The maximum Gasteiger partial charge on any atom is 0.295 e. The van der Waals surface area contributed by atoms with E-state index in [0.717, 1.165) is 11.1 Å². The van der Waals surface area contributed by atoms with E-state index in [1.807, 2.05) is 45.9 Å². The molecule has 2 aromatic rings. The van der Waals surface area contributed by atoms with E-state index in [4.69, 9.17) is 9.15 Å². The van der Waals surface area contributed by atoms with E-state index >= 15 is 0 Å². The number of aliphatic hydroxyl groups excluding tert-OH is 1. The molecule has 6 nitrogen and oxygen atoms in total. The summed E-state index contributed by atoms with van der Waals surface area (Å²) < 4.78 is 11.4. The summed E-state index contributed by atoms with van der Waals surface area (Å²) in [5.74, 6) is -0.370. The van der Waals surface area contributed by atoms with E-state index in [-0.39, 0.29) is 22.9 Å². The number of nitrogens with zero attached hydrogens (tertiary/aromatic N) is 1. The predicted octanol–water partition coefficient (Wildman–Crippen LogP) is 5.43. The number of amides is 1. The van der Waals surface area contributed by atoms with Gasteiger partial charge in [0.25, 0.3) is 11.7 Å². The normalized spacial score (nSPS) is 18.5. The topological polar surface area (TPSA) is 80.0 Å². The highest BCUT2D eigenvalue weighted by molar-refractivity contribution is 6.46. The van der Waals surface area contributed by atoms with Gasteiger partial charge in [-0.1, -0.05) is 32.9 Å². The number of hydrogen-bond donors (Lipinski definition) is 1. The number of aliphatic hydroxyl groups is 1. The Morgan fingerprint density at radius 2 is 1.85 bits per heavy atom. The summed E-state index contributed by atoms with van der Waals surface area (Å²) in [6.45, 7) is 14.6. The Labute approximate surface area is 196 Å². The van der Waals surface area contributed by atoms with Gasteiger partial charge < -0.3 is 19.2 Å². The number of rotatable bonds is 7. The third kappa shape index (κ3) is 5.22. The molecular formula is C27H35NO5. The van der Waals surface area contributed by atoms with Crippen LogP contribution in [-0.4, -0.2) is 41.0 Å². The fraction of sp³-hybridized carbons (Fsp3) is 0.481. The summed E-state index contributed by atoms with van der Waals surface area (Å²) in [6.07, 6.45) is 0.655. The van der Waals surface area contributed by atoms with Gasteiger partial charge in [-0.15, -0.1) is 0 Å². The molecule has 1 unspecified atom stereocenters. The molecule has 1 atom stereocenters. The molecule has 3 rings (SSSR count). The number of ketones is 1. The highest BCUT2D eigenvalue weighted by Gasteiger charge is 2.47. The molecule has 0 bridgehead atoms. The first-order valence-corrected chi connectivity index (χ1v) is 11.5. The average molecular weight is 454 g/mol. The molecule has 1 amide bonds. The van der Waals surface area contributed by atoms with Gasteiger partial charge >= 0.3 is 0 Å². The molecule has 1 N–H and O–H groups in total. The largest absolute Gasteiger partial charge is 0.507 e. The smallest absolute Gasteiger partial charge is 0.295 e. The summed E-state index contributed by atoms with van der Waals surface area (Å²) in [6, 6.07) is 8.63. The zero-order chi connectivity index (χ0) is 24.5. The van der Waals surface area contributed by atoms with Crippen LogP contribution < -0.4 is 0 Å². The number of carbonyl (C=O) groups is 2. The summed E-state index contributed by atoms with van der Waals surface area (Å²) in [4.78, 5) is 27.7. The molecule has 1 fully saturated rings. The molecule has 1 aromatic carbocycles. The molecule has 0 spiro atoms. The number of likely N-dealkylation sites (tertiary alicyclic amines) is 1. The highest BCUT2D eigenvalue weighted by Crippen LogP contribution is 2.41. The van der Waals surface area contributed by atoms with E-state index in [9.17, 15) is 14.7 Å². The van der Waals surface area contributed by atoms with Gasteiger partial charge in [0.1, 0.15) is 23.3 Å². The monoisotopic (exact) mass is 453 g/mol. The van der Waals surface area contributed by atoms with Gasteiger partial charge in [-0.3, -0.25) is 9.59 Å². The van der Waals surface area contributed by atoms with Crippen molar-refractivity contribution in [3.63, 3.8) is 0 Å². The van der Waals surface area contributed by atoms with Gasteiger partial charge in [0, 0.05) is 18.7 Å². The SMILES string of the molecule is Cc1ccc(C2/C(=C(\O)c3cc(C(C)(C)C)ccc3C)C(=O)C(=O)N2CCCOC(C)C)o1. The van der Waals surface area contributed by atoms with Crippen LogP contribution in [0.25, 0.3) is 5.76 Å². The van der Waals surface area contributed by atoms with E-state index in [1.165, 1.54) is 4.90 Å². The quantitative estimate of drug-likeness (QED) is 0.262. The van der Waals surface area contributed by atoms with Crippen LogP contribution in [-0.2, 0) is 19.7 Å². The first kappa shape index (κ1) is 24.8. The Morgan fingerprint density at radius 1 is 1.15 bits per heavy atom. The number of ether oxygens (including phenoxy) is 1. The summed E-state index contributed by atoms with van der Waals surface area (Å²) in [7, 11) is 0. The van der Waals surface area contributed by atoms with Gasteiger partial charge in [0.05, 0.1) is 11.7 Å². The van der Waals surface area contributed by atoms with Crippen LogP contribution in [0.1, 0.15) is 75.3 Å². The standard InChI is InChI=1S/C27H35NO5/c1-16(2)32-14-8-13-28-23(21-12-10-18(4)33-21)22(25(30)26(28)31)24(29)20-15-19(27(5,6)7)11-9-17(20)3/h9-12,15-16,23,29H,8,13-14H2,1-7H3/b24-22+. The van der Waals surface area contributed by atoms with Crippen molar-refractivity contribution >= 4 is 17.4 Å². The lowest BCUT2D eigenvalue weighted by Crippen LogP contribution is -2.31. The Balaban J connectivity index is 2.09. The zero-order valence-electron chi connectivity index (χ0n) is 20.7. The van der Waals surface area contributed by atoms with Crippen LogP contribution >= 0.6 is 0 Å². The van der Waals surface area contributed by atoms with Crippen molar-refractivity contribution in [1.82, 2.24) is 4.90 Å². The fourth-order valence-electron chi connectivity index (χ4n) is 4.05. The lowest BCUT2D eigenvalue weighted by molar-refractivity contribution is -0.140. The van der Waals surface area contributed by atoms with Gasteiger partial charge in [0.2, 0.25) is 0 Å². The van der Waals surface area contributed by atoms with Crippen molar-refractivity contribution in [2.45, 2.75) is 72.4 Å². The van der Waals surface area contributed by atoms with Crippen LogP contribution in [0.3, 0.4) is 0 Å². The van der Waals surface area contributed by atoms with Crippen LogP contribution in [0.2, 0.25) is 0 Å². The first-order valence-electron chi connectivity index (χ1n) is 11.5. The highest BCUT2D eigenvalue weighted by atomic mass is 16.5. The summed E-state index contributed by atoms with van der Waals surface area (Å²) >= 11 is 0. The third-order valence-electron chi connectivity index (χ3n) is 5.92. The second kappa shape index (κ2) is 9.56. The van der Waals surface area contributed by atoms with Crippen LogP contribution in [0.15, 0.2) is 40.3 Å². The van der Waals surface area contributed by atoms with Gasteiger partial charge in [-0.2, -0.15) is 0 Å². The molecule has 0 radical (unpaired) electrons. The fourth-order valence-corrected chi connectivity index (χ4v) is 4.05. The number of Topliss-reactive ketones (excluding diaryl/α,β-unsaturated/α-hetero) is 1. The molecule has 1 aliphatic rings. The van der Waals surface area contributed by atoms with Crippen molar-refractivity contribution < 1.29 is 23.8 Å². The minimum absolute atomic E-state index is 0.0632. The molecule has 2 heterocycles. The number of furan rings is 1. The van der Waals surface area contributed by atoms with E-state index < -0.39 is 17.7 Å². The third-order valence-corrected chi connectivity index (χ3v) is 5.92. The summed E-state index contributed by atoms with van der Waals surface area (Å²) in [5.41, 5.74) is 2.33. The summed E-state index contributed by atoms with van der Waals surface area (Å²) in [5, 5.41) is 11.4. The molecule has 6 heteroatoms. The minimum Gasteiger partial charge on any atom is -0.507 e. The molecule has 1 aromatic heterocycles. The van der Waals surface area contributed by atoms with Crippen molar-refractivity contribution in [3.8, 4) is 0 Å². The molecule has 1 aliphatic heterocycles. The first-order chi connectivity index (χ1) is 15.4. The van der Waals surface area contributed by atoms with Crippen LogP contribution in [0.5, 0.6) is 0 Å². The molecule has 1 saturated heterocycles. The Hall–Kier alpha value is -2.86. The Morgan fingerprint density at radius 3 is 2.42 bits per heavy atom. The van der Waals surface area contributed by atoms with Crippen molar-refractivity contribution in [3.05, 3.63) is 64.1 Å². The second-order valence-electron chi connectivity index (χ2n) is 9.99. The lowest BCUT2D eigenvalue weighted by atomic mass is 9.84. The molecule has 0 aliphatic carbocycles. The maximum atomic E-state index is 13.2. The van der Waals surface area contributed by atoms with Crippen molar-refractivity contribution in [2.24, 2.45) is 0 Å². The number of aryl methyl sites for hydroxylation is 2. The van der Waals surface area contributed by atoms with Crippen molar-refractivity contribution in [2.75, 3.05) is 13.2 Å². The minimum atomic E-state index is -0.782. The molecule has 178 valence electrons. The zero-order valence-corrected chi connectivity index (χ0v) is 20.7. The van der Waals surface area contributed by atoms with Gasteiger partial charge in [-0.25, -0.2) is 0 Å². The van der Waals surface area contributed by atoms with Gasteiger partial charge in [-0.05, 0) is 68.9 Å². The van der Waals surface area contributed by atoms with Crippen LogP contribution in [0, 0.1) is 13.8 Å². The Bertz CT molecular complexity index is 1070. The predicted molar refractivity (Wildman–Crippen MR) is 128 cm³/mol.